The minimum atomic E-state index is -0.292. The Bertz CT molecular complexity index is 566. The zero-order chi connectivity index (χ0) is 17.5. The minimum absolute atomic E-state index is 0. The van der Waals surface area contributed by atoms with Crippen molar-refractivity contribution in [2.75, 3.05) is 37.6 Å². The summed E-state index contributed by atoms with van der Waals surface area (Å²) < 4.78 is 14.3. The number of likely N-dealkylation sites (tertiary alicyclic amines) is 1. The summed E-state index contributed by atoms with van der Waals surface area (Å²) in [6.45, 7) is 10.2. The highest BCUT2D eigenvalue weighted by Crippen LogP contribution is 2.21. The lowest BCUT2D eigenvalue weighted by molar-refractivity contribution is 0.188. The Morgan fingerprint density at radius 2 is 2.08 bits per heavy atom. The van der Waals surface area contributed by atoms with E-state index >= 15 is 0 Å². The molecule has 1 heterocycles. The van der Waals surface area contributed by atoms with Crippen LogP contribution in [0, 0.1) is 5.82 Å². The zero-order valence-corrected chi connectivity index (χ0v) is 17.7. The monoisotopic (exact) mass is 464 g/mol. The van der Waals surface area contributed by atoms with Gasteiger partial charge in [-0.15, -0.1) is 24.0 Å². The number of nitrogens with zero attached hydrogens (tertiary/aromatic N) is 3. The van der Waals surface area contributed by atoms with Crippen molar-refractivity contribution in [1.29, 1.82) is 0 Å². The second kappa shape index (κ2) is 10.8. The standard InChI is InChI=1S/C18H29FN4O.HI/c1-4-20-18(23-10-9-15(24)13-23)21-12-14-7-8-17(16(19)11-14)22(5-2)6-3;/h7-8,11,15,24H,4-6,9-10,12-13H2,1-3H3,(H,20,21);1H/t15-;/m1./s1. The predicted molar refractivity (Wildman–Crippen MR) is 112 cm³/mol. The van der Waals surface area contributed by atoms with Gasteiger partial charge in [-0.05, 0) is 44.9 Å². The van der Waals surface area contributed by atoms with E-state index in [0.717, 1.165) is 44.1 Å². The first-order valence-electron chi connectivity index (χ1n) is 8.83. The fraction of sp³-hybridized carbons (Fsp3) is 0.611. The number of hydrogen-bond acceptors (Lipinski definition) is 3. The Hall–Kier alpha value is -1.09. The second-order valence-corrected chi connectivity index (χ2v) is 6.02. The molecule has 2 rings (SSSR count). The van der Waals surface area contributed by atoms with Gasteiger partial charge in [-0.2, -0.15) is 0 Å². The number of aliphatic hydroxyl groups is 1. The average molecular weight is 464 g/mol. The Kier molecular flexibility index (Phi) is 9.48. The van der Waals surface area contributed by atoms with Crippen LogP contribution in [0.1, 0.15) is 32.8 Å². The summed E-state index contributed by atoms with van der Waals surface area (Å²) in [5, 5.41) is 12.9. The summed E-state index contributed by atoms with van der Waals surface area (Å²) in [5.74, 6) is 0.579. The largest absolute Gasteiger partial charge is 0.391 e. The van der Waals surface area contributed by atoms with Crippen LogP contribution in [0.25, 0.3) is 0 Å². The van der Waals surface area contributed by atoms with Gasteiger partial charge in [0.25, 0.3) is 0 Å². The van der Waals surface area contributed by atoms with Gasteiger partial charge in [0.15, 0.2) is 5.96 Å². The number of β-amino-alcohol motifs (C(OH)–C–C–N with tert-alkyl or cyclic N) is 1. The molecular formula is C18H30FIN4O. The molecule has 0 amide bonds. The highest BCUT2D eigenvalue weighted by molar-refractivity contribution is 14.0. The predicted octanol–water partition coefficient (Wildman–Crippen LogP) is 2.82. The molecule has 0 radical (unpaired) electrons. The van der Waals surface area contributed by atoms with Crippen LogP contribution in [0.5, 0.6) is 0 Å². The molecule has 1 saturated heterocycles. The van der Waals surface area contributed by atoms with Crippen LogP contribution in [0.15, 0.2) is 23.2 Å². The molecule has 25 heavy (non-hydrogen) atoms. The van der Waals surface area contributed by atoms with Crippen molar-refractivity contribution < 1.29 is 9.50 Å². The topological polar surface area (TPSA) is 51.1 Å². The third kappa shape index (κ3) is 5.99. The van der Waals surface area contributed by atoms with Crippen LogP contribution in [0.4, 0.5) is 10.1 Å². The molecular weight excluding hydrogens is 434 g/mol. The van der Waals surface area contributed by atoms with Crippen LogP contribution >= 0.6 is 24.0 Å². The van der Waals surface area contributed by atoms with E-state index in [1.807, 2.05) is 37.8 Å². The summed E-state index contributed by atoms with van der Waals surface area (Å²) in [6.07, 6.45) is 0.470. The van der Waals surface area contributed by atoms with E-state index in [0.29, 0.717) is 18.8 Å². The molecule has 5 nitrogen and oxygen atoms in total. The van der Waals surface area contributed by atoms with E-state index in [4.69, 9.17) is 0 Å². The molecule has 1 aromatic carbocycles. The first-order chi connectivity index (χ1) is 11.6. The molecule has 0 aliphatic carbocycles. The number of aliphatic hydroxyl groups excluding tert-OH is 1. The number of benzene rings is 1. The van der Waals surface area contributed by atoms with Gasteiger partial charge in [0.1, 0.15) is 5.82 Å². The van der Waals surface area contributed by atoms with Gasteiger partial charge in [0, 0.05) is 32.7 Å². The lowest BCUT2D eigenvalue weighted by Gasteiger charge is -2.22. The first-order valence-corrected chi connectivity index (χ1v) is 8.83. The van der Waals surface area contributed by atoms with Crippen LogP contribution in [0.2, 0.25) is 0 Å². The minimum Gasteiger partial charge on any atom is -0.391 e. The van der Waals surface area contributed by atoms with Gasteiger partial charge >= 0.3 is 0 Å². The fourth-order valence-corrected chi connectivity index (χ4v) is 3.00. The quantitative estimate of drug-likeness (QED) is 0.386. The molecule has 1 aromatic rings. The summed E-state index contributed by atoms with van der Waals surface area (Å²) in [7, 11) is 0. The van der Waals surface area contributed by atoms with Crippen molar-refractivity contribution >= 4 is 35.6 Å². The van der Waals surface area contributed by atoms with Gasteiger partial charge < -0.3 is 20.2 Å². The average Bonchev–Trinajstić information content (AvgIpc) is 3.00. The summed E-state index contributed by atoms with van der Waals surface area (Å²) >= 11 is 0. The molecule has 0 unspecified atom stereocenters. The lowest BCUT2D eigenvalue weighted by Crippen LogP contribution is -2.40. The molecule has 1 fully saturated rings. The highest BCUT2D eigenvalue weighted by Gasteiger charge is 2.22. The molecule has 0 spiro atoms. The third-order valence-corrected chi connectivity index (χ3v) is 4.33. The Labute approximate surface area is 167 Å². The van der Waals surface area contributed by atoms with Crippen molar-refractivity contribution in [3.8, 4) is 0 Å². The number of guanidine groups is 1. The summed E-state index contributed by atoms with van der Waals surface area (Å²) in [4.78, 5) is 8.64. The lowest BCUT2D eigenvalue weighted by atomic mass is 10.2. The fourth-order valence-electron chi connectivity index (χ4n) is 3.00. The number of halogens is 2. The van der Waals surface area contributed by atoms with Crippen molar-refractivity contribution in [3.63, 3.8) is 0 Å². The zero-order valence-electron chi connectivity index (χ0n) is 15.3. The molecule has 0 aromatic heterocycles. The smallest absolute Gasteiger partial charge is 0.194 e. The normalized spacial score (nSPS) is 17.4. The van der Waals surface area contributed by atoms with E-state index in [2.05, 4.69) is 15.2 Å². The molecule has 1 aliphatic heterocycles. The number of anilines is 1. The van der Waals surface area contributed by atoms with Crippen LogP contribution in [-0.2, 0) is 6.54 Å². The van der Waals surface area contributed by atoms with E-state index < -0.39 is 0 Å². The first kappa shape index (κ1) is 22.0. The Balaban J connectivity index is 0.00000312. The van der Waals surface area contributed by atoms with Crippen molar-refractivity contribution in [2.24, 2.45) is 4.99 Å². The van der Waals surface area contributed by atoms with Gasteiger partial charge in [-0.3, -0.25) is 0 Å². The maximum Gasteiger partial charge on any atom is 0.194 e. The highest BCUT2D eigenvalue weighted by atomic mass is 127. The molecule has 0 bridgehead atoms. The molecule has 0 saturated carbocycles. The van der Waals surface area contributed by atoms with Crippen LogP contribution in [-0.4, -0.2) is 54.8 Å². The maximum atomic E-state index is 14.3. The number of nitrogens with one attached hydrogen (secondary N) is 1. The van der Waals surface area contributed by atoms with E-state index in [1.165, 1.54) is 0 Å². The van der Waals surface area contributed by atoms with Gasteiger partial charge in [0.05, 0.1) is 18.3 Å². The van der Waals surface area contributed by atoms with Gasteiger partial charge in [-0.1, -0.05) is 6.07 Å². The molecule has 1 atom stereocenters. The molecule has 142 valence electrons. The Morgan fingerprint density at radius 3 is 2.60 bits per heavy atom. The van der Waals surface area contributed by atoms with Crippen LogP contribution < -0.4 is 10.2 Å². The summed E-state index contributed by atoms with van der Waals surface area (Å²) in [5.41, 5.74) is 1.49. The van der Waals surface area contributed by atoms with Gasteiger partial charge in [0.2, 0.25) is 0 Å². The van der Waals surface area contributed by atoms with E-state index in [-0.39, 0.29) is 35.9 Å². The number of aliphatic imine (C=N–C) groups is 1. The van der Waals surface area contributed by atoms with E-state index in [9.17, 15) is 9.50 Å². The maximum absolute atomic E-state index is 14.3. The summed E-state index contributed by atoms with van der Waals surface area (Å²) in [6, 6.07) is 5.34. The third-order valence-electron chi connectivity index (χ3n) is 4.33. The molecule has 1 aliphatic rings. The van der Waals surface area contributed by atoms with Crippen LogP contribution in [0.3, 0.4) is 0 Å². The van der Waals surface area contributed by atoms with Crippen molar-refractivity contribution in [1.82, 2.24) is 10.2 Å². The van der Waals surface area contributed by atoms with E-state index in [1.54, 1.807) is 6.07 Å². The molecule has 7 heteroatoms. The second-order valence-electron chi connectivity index (χ2n) is 6.02. The SMILES string of the molecule is CCNC(=NCc1ccc(N(CC)CC)c(F)c1)N1CC[C@@H](O)C1.I. The van der Waals surface area contributed by atoms with Crippen molar-refractivity contribution in [3.05, 3.63) is 29.6 Å². The molecule has 2 N–H and O–H groups in total. The van der Waals surface area contributed by atoms with Crippen molar-refractivity contribution in [2.45, 2.75) is 39.8 Å². The number of rotatable bonds is 6. The number of hydrogen-bond donors (Lipinski definition) is 2. The van der Waals surface area contributed by atoms with Gasteiger partial charge in [-0.25, -0.2) is 9.38 Å². The Morgan fingerprint density at radius 1 is 1.36 bits per heavy atom.